The largest absolute Gasteiger partial charge is 0.149 e. The fraction of sp³-hybridized carbons (Fsp3) is 0.364. The Kier molecular flexibility index (Phi) is 3.98. The molecular formula is C22H24S. The lowest BCUT2D eigenvalue weighted by atomic mass is 9.80. The monoisotopic (exact) mass is 320 g/mol. The SMILES string of the molecule is Cc1cc(C)cc(CC2C3=C(C=CCC3)CCc3sccc32)c1. The van der Waals surface area contributed by atoms with Gasteiger partial charge in [-0.05, 0) is 74.1 Å². The van der Waals surface area contributed by atoms with Crippen LogP contribution in [0.5, 0.6) is 0 Å². The van der Waals surface area contributed by atoms with E-state index in [1.165, 1.54) is 42.4 Å². The maximum Gasteiger partial charge on any atom is 0.0105 e. The van der Waals surface area contributed by atoms with Crippen molar-refractivity contribution >= 4 is 11.3 Å². The van der Waals surface area contributed by atoms with E-state index in [1.54, 1.807) is 21.6 Å². The molecule has 1 atom stereocenters. The Hall–Kier alpha value is -1.60. The van der Waals surface area contributed by atoms with Crippen LogP contribution in [0.2, 0.25) is 0 Å². The molecule has 23 heavy (non-hydrogen) atoms. The van der Waals surface area contributed by atoms with Crippen molar-refractivity contribution in [3.8, 4) is 0 Å². The Balaban J connectivity index is 1.77. The van der Waals surface area contributed by atoms with E-state index in [1.807, 2.05) is 11.3 Å². The Morgan fingerprint density at radius 1 is 1.04 bits per heavy atom. The van der Waals surface area contributed by atoms with Gasteiger partial charge in [-0.15, -0.1) is 11.3 Å². The van der Waals surface area contributed by atoms with Gasteiger partial charge < -0.3 is 0 Å². The fourth-order valence-corrected chi connectivity index (χ4v) is 5.27. The summed E-state index contributed by atoms with van der Waals surface area (Å²) in [6, 6.07) is 9.42. The predicted molar refractivity (Wildman–Crippen MR) is 100 cm³/mol. The van der Waals surface area contributed by atoms with Gasteiger partial charge in [0.2, 0.25) is 0 Å². The number of thiophene rings is 1. The molecule has 0 nitrogen and oxygen atoms in total. The van der Waals surface area contributed by atoms with Gasteiger partial charge in [-0.2, -0.15) is 0 Å². The molecule has 0 N–H and O–H groups in total. The molecule has 4 rings (SSSR count). The summed E-state index contributed by atoms with van der Waals surface area (Å²) in [6.45, 7) is 4.43. The average molecular weight is 321 g/mol. The minimum atomic E-state index is 0.583. The number of allylic oxidation sites excluding steroid dienone is 4. The molecule has 2 aliphatic carbocycles. The molecule has 1 aromatic heterocycles. The second kappa shape index (κ2) is 6.13. The molecule has 0 spiro atoms. The normalized spacial score (nSPS) is 20.2. The molecule has 2 aromatic rings. The van der Waals surface area contributed by atoms with Gasteiger partial charge in [-0.1, -0.05) is 47.1 Å². The van der Waals surface area contributed by atoms with Gasteiger partial charge in [0.05, 0.1) is 0 Å². The Morgan fingerprint density at radius 3 is 2.70 bits per heavy atom. The number of fused-ring (bicyclic) bond motifs is 1. The average Bonchev–Trinajstić information content (AvgIpc) is 2.93. The van der Waals surface area contributed by atoms with E-state index < -0.39 is 0 Å². The minimum absolute atomic E-state index is 0.583. The molecule has 0 saturated carbocycles. The third-order valence-corrected chi connectivity index (χ3v) is 6.23. The number of benzene rings is 1. The lowest BCUT2D eigenvalue weighted by molar-refractivity contribution is 0.723. The highest BCUT2D eigenvalue weighted by molar-refractivity contribution is 7.10. The second-order valence-electron chi connectivity index (χ2n) is 7.04. The van der Waals surface area contributed by atoms with E-state index in [4.69, 9.17) is 0 Å². The highest BCUT2D eigenvalue weighted by Gasteiger charge is 2.27. The summed E-state index contributed by atoms with van der Waals surface area (Å²) in [6.07, 6.45) is 10.8. The second-order valence-corrected chi connectivity index (χ2v) is 8.04. The van der Waals surface area contributed by atoms with Crippen molar-refractivity contribution < 1.29 is 0 Å². The number of hydrogen-bond acceptors (Lipinski definition) is 1. The van der Waals surface area contributed by atoms with Gasteiger partial charge in [-0.3, -0.25) is 0 Å². The van der Waals surface area contributed by atoms with E-state index in [2.05, 4.69) is 55.6 Å². The lowest BCUT2D eigenvalue weighted by Crippen LogP contribution is -2.09. The van der Waals surface area contributed by atoms with E-state index in [0.717, 1.165) is 6.42 Å². The Labute approximate surface area is 143 Å². The summed E-state index contributed by atoms with van der Waals surface area (Å²) < 4.78 is 0. The summed E-state index contributed by atoms with van der Waals surface area (Å²) in [5.74, 6) is 0.583. The number of hydrogen-bond donors (Lipinski definition) is 0. The van der Waals surface area contributed by atoms with Crippen LogP contribution in [0.1, 0.15) is 52.3 Å². The highest BCUT2D eigenvalue weighted by Crippen LogP contribution is 2.43. The summed E-state index contributed by atoms with van der Waals surface area (Å²) in [5, 5.41) is 2.30. The van der Waals surface area contributed by atoms with Gasteiger partial charge in [-0.25, -0.2) is 0 Å². The van der Waals surface area contributed by atoms with Gasteiger partial charge in [0, 0.05) is 10.8 Å². The van der Waals surface area contributed by atoms with E-state index in [9.17, 15) is 0 Å². The summed E-state index contributed by atoms with van der Waals surface area (Å²) in [7, 11) is 0. The highest BCUT2D eigenvalue weighted by atomic mass is 32.1. The third kappa shape index (κ3) is 2.95. The van der Waals surface area contributed by atoms with Gasteiger partial charge in [0.1, 0.15) is 0 Å². The first-order valence-corrected chi connectivity index (χ1v) is 9.60. The fourth-order valence-electron chi connectivity index (χ4n) is 4.33. The number of aryl methyl sites for hydroxylation is 3. The summed E-state index contributed by atoms with van der Waals surface area (Å²) in [4.78, 5) is 1.61. The molecule has 0 amide bonds. The zero-order valence-corrected chi connectivity index (χ0v) is 14.9. The smallest absolute Gasteiger partial charge is 0.0105 e. The van der Waals surface area contributed by atoms with E-state index >= 15 is 0 Å². The first-order chi connectivity index (χ1) is 11.2. The predicted octanol–water partition coefficient (Wildman–Crippen LogP) is 6.28. The van der Waals surface area contributed by atoms with Crippen LogP contribution in [0, 0.1) is 13.8 Å². The minimum Gasteiger partial charge on any atom is -0.149 e. The van der Waals surface area contributed by atoms with Gasteiger partial charge in [0.25, 0.3) is 0 Å². The molecule has 0 saturated heterocycles. The maximum absolute atomic E-state index is 2.41. The van der Waals surface area contributed by atoms with Crippen LogP contribution in [0.25, 0.3) is 0 Å². The van der Waals surface area contributed by atoms with Crippen molar-refractivity contribution in [3.05, 3.63) is 80.1 Å². The quantitative estimate of drug-likeness (QED) is 0.610. The van der Waals surface area contributed by atoms with Crippen LogP contribution in [0.15, 0.2) is 52.9 Å². The summed E-state index contributed by atoms with van der Waals surface area (Å²) in [5.41, 5.74) is 9.20. The molecule has 1 aromatic carbocycles. The number of rotatable bonds is 2. The molecule has 0 fully saturated rings. The van der Waals surface area contributed by atoms with Crippen LogP contribution in [-0.2, 0) is 12.8 Å². The lowest BCUT2D eigenvalue weighted by Gasteiger charge is -2.24. The van der Waals surface area contributed by atoms with Crippen molar-refractivity contribution in [3.63, 3.8) is 0 Å². The topological polar surface area (TPSA) is 0 Å². The van der Waals surface area contributed by atoms with Gasteiger partial charge in [0.15, 0.2) is 0 Å². The van der Waals surface area contributed by atoms with Crippen LogP contribution < -0.4 is 0 Å². The molecule has 2 aliphatic rings. The molecule has 0 bridgehead atoms. The van der Waals surface area contributed by atoms with Crippen molar-refractivity contribution in [1.29, 1.82) is 0 Å². The van der Waals surface area contributed by atoms with Gasteiger partial charge >= 0.3 is 0 Å². The standard InChI is InChI=1S/C22H24S/c1-15-11-16(2)13-17(12-15)14-21-19-6-4-3-5-18(19)7-8-22-20(21)9-10-23-22/h3,5,9-13,21H,4,6-8,14H2,1-2H3. The Bertz CT molecular complexity index is 768. The van der Waals surface area contributed by atoms with E-state index in [0.29, 0.717) is 5.92 Å². The maximum atomic E-state index is 2.41. The molecule has 118 valence electrons. The molecular weight excluding hydrogens is 296 g/mol. The van der Waals surface area contributed by atoms with Crippen molar-refractivity contribution in [2.24, 2.45) is 0 Å². The Morgan fingerprint density at radius 2 is 1.87 bits per heavy atom. The molecule has 1 unspecified atom stereocenters. The molecule has 1 heteroatoms. The zero-order valence-electron chi connectivity index (χ0n) is 14.1. The third-order valence-electron chi connectivity index (χ3n) is 5.23. The van der Waals surface area contributed by atoms with E-state index in [-0.39, 0.29) is 0 Å². The molecule has 1 heterocycles. The van der Waals surface area contributed by atoms with Crippen LogP contribution in [0.4, 0.5) is 0 Å². The zero-order chi connectivity index (χ0) is 15.8. The van der Waals surface area contributed by atoms with Crippen molar-refractivity contribution in [1.82, 2.24) is 0 Å². The molecule has 0 radical (unpaired) electrons. The first-order valence-electron chi connectivity index (χ1n) is 8.72. The first kappa shape index (κ1) is 15.0. The van der Waals surface area contributed by atoms with Crippen LogP contribution in [-0.4, -0.2) is 0 Å². The van der Waals surface area contributed by atoms with Crippen LogP contribution in [0.3, 0.4) is 0 Å². The molecule has 0 aliphatic heterocycles. The van der Waals surface area contributed by atoms with Crippen molar-refractivity contribution in [2.75, 3.05) is 0 Å². The summed E-state index contributed by atoms with van der Waals surface area (Å²) >= 11 is 1.95. The van der Waals surface area contributed by atoms with Crippen molar-refractivity contribution in [2.45, 2.75) is 51.9 Å². The van der Waals surface area contributed by atoms with Crippen LogP contribution >= 0.6 is 11.3 Å².